The van der Waals surface area contributed by atoms with Gasteiger partial charge in [0.15, 0.2) is 0 Å². The highest BCUT2D eigenvalue weighted by Crippen LogP contribution is 2.72. The summed E-state index contributed by atoms with van der Waals surface area (Å²) in [6.07, 6.45) is 4.74. The zero-order valence-corrected chi connectivity index (χ0v) is 25.8. The SMILES string of the molecule is C=CCN(C)C(=O)[C@@H]1[C@H]2C(=O)N([C@H](CO)c3ccccc3)C(C(=O)N(CC=C)c3cc(C)ccc3C)C23CC[C@@]1(C)S3. The van der Waals surface area contributed by atoms with Crippen LogP contribution in [0, 0.1) is 25.7 Å². The molecule has 3 aliphatic heterocycles. The fourth-order valence-corrected chi connectivity index (χ4v) is 9.83. The number of thioether (sulfide) groups is 1. The molecule has 0 aliphatic carbocycles. The first-order valence-electron chi connectivity index (χ1n) is 14.6. The van der Waals surface area contributed by atoms with Crippen molar-refractivity contribution in [1.82, 2.24) is 9.80 Å². The van der Waals surface area contributed by atoms with Crippen LogP contribution in [0.2, 0.25) is 0 Å². The molecule has 0 aromatic heterocycles. The Kier molecular flexibility index (Phi) is 8.16. The van der Waals surface area contributed by atoms with Crippen molar-refractivity contribution in [2.24, 2.45) is 11.8 Å². The molecule has 3 amide bonds. The Balaban J connectivity index is 1.69. The monoisotopic (exact) mass is 587 g/mol. The highest BCUT2D eigenvalue weighted by atomic mass is 32.2. The molecular formula is C34H41N3O4S. The maximum Gasteiger partial charge on any atom is 0.251 e. The van der Waals surface area contributed by atoms with Crippen molar-refractivity contribution in [2.75, 3.05) is 31.6 Å². The zero-order valence-electron chi connectivity index (χ0n) is 25.0. The van der Waals surface area contributed by atoms with Crippen LogP contribution in [0.15, 0.2) is 73.8 Å². The number of likely N-dealkylation sites (N-methyl/N-ethyl adjacent to an activating group) is 1. The van der Waals surface area contributed by atoms with Gasteiger partial charge in [0.25, 0.3) is 5.91 Å². The summed E-state index contributed by atoms with van der Waals surface area (Å²) in [5, 5.41) is 10.8. The summed E-state index contributed by atoms with van der Waals surface area (Å²) in [4.78, 5) is 48.7. The minimum atomic E-state index is -0.874. The van der Waals surface area contributed by atoms with Gasteiger partial charge < -0.3 is 19.8 Å². The van der Waals surface area contributed by atoms with Crippen molar-refractivity contribution in [2.45, 2.75) is 55.2 Å². The molecule has 222 valence electrons. The highest BCUT2D eigenvalue weighted by molar-refractivity contribution is 8.02. The van der Waals surface area contributed by atoms with Crippen molar-refractivity contribution in [3.8, 4) is 0 Å². The van der Waals surface area contributed by atoms with Gasteiger partial charge in [-0.25, -0.2) is 0 Å². The number of likely N-dealkylation sites (tertiary alicyclic amines) is 1. The number of hydrogen-bond acceptors (Lipinski definition) is 5. The largest absolute Gasteiger partial charge is 0.394 e. The Labute approximate surface area is 253 Å². The molecule has 7 nitrogen and oxygen atoms in total. The van der Waals surface area contributed by atoms with Gasteiger partial charge in [-0.2, -0.15) is 0 Å². The van der Waals surface area contributed by atoms with Crippen LogP contribution in [-0.2, 0) is 14.4 Å². The lowest BCUT2D eigenvalue weighted by molar-refractivity contribution is -0.146. The summed E-state index contributed by atoms with van der Waals surface area (Å²) in [6, 6.07) is 13.8. The average Bonchev–Trinajstić information content (AvgIpc) is 3.54. The van der Waals surface area contributed by atoms with Crippen LogP contribution in [-0.4, -0.2) is 74.9 Å². The molecular weight excluding hydrogens is 546 g/mol. The molecule has 3 aliphatic rings. The van der Waals surface area contributed by atoms with Crippen molar-refractivity contribution in [3.05, 3.63) is 90.5 Å². The molecule has 2 aromatic rings. The summed E-state index contributed by atoms with van der Waals surface area (Å²) < 4.78 is -1.29. The molecule has 3 fully saturated rings. The number of aliphatic hydroxyl groups excluding tert-OH is 1. The van der Waals surface area contributed by atoms with Crippen molar-refractivity contribution in [1.29, 1.82) is 0 Å². The van der Waals surface area contributed by atoms with E-state index >= 15 is 4.79 Å². The van der Waals surface area contributed by atoms with Crippen LogP contribution < -0.4 is 4.90 Å². The third-order valence-electron chi connectivity index (χ3n) is 9.42. The molecule has 2 bridgehead atoms. The molecule has 2 unspecified atom stereocenters. The van der Waals surface area contributed by atoms with Crippen LogP contribution in [0.5, 0.6) is 0 Å². The number of carbonyl (C=O) groups excluding carboxylic acids is 3. The maximum atomic E-state index is 15.0. The van der Waals surface area contributed by atoms with Gasteiger partial charge in [-0.05, 0) is 56.4 Å². The van der Waals surface area contributed by atoms with E-state index in [0.717, 1.165) is 28.8 Å². The summed E-state index contributed by atoms with van der Waals surface area (Å²) in [5.74, 6) is -1.82. The molecule has 42 heavy (non-hydrogen) atoms. The number of benzene rings is 2. The fraction of sp³-hybridized carbons (Fsp3) is 0.441. The van der Waals surface area contributed by atoms with E-state index in [1.807, 2.05) is 62.4 Å². The van der Waals surface area contributed by atoms with Crippen LogP contribution in [0.3, 0.4) is 0 Å². The van der Waals surface area contributed by atoms with Gasteiger partial charge in [0.2, 0.25) is 11.8 Å². The van der Waals surface area contributed by atoms with E-state index in [2.05, 4.69) is 20.1 Å². The van der Waals surface area contributed by atoms with Gasteiger partial charge in [-0.3, -0.25) is 14.4 Å². The third-order valence-corrected chi connectivity index (χ3v) is 11.4. The minimum absolute atomic E-state index is 0.101. The van der Waals surface area contributed by atoms with Gasteiger partial charge in [-0.15, -0.1) is 24.9 Å². The van der Waals surface area contributed by atoms with Gasteiger partial charge >= 0.3 is 0 Å². The topological polar surface area (TPSA) is 81.2 Å². The lowest BCUT2D eigenvalue weighted by atomic mass is 9.66. The lowest BCUT2D eigenvalue weighted by Gasteiger charge is -2.40. The van der Waals surface area contributed by atoms with Crippen molar-refractivity contribution >= 4 is 35.2 Å². The number of carbonyl (C=O) groups is 3. The number of aliphatic hydroxyl groups is 1. The summed E-state index contributed by atoms with van der Waals surface area (Å²) in [6.45, 7) is 14.1. The standard InChI is InChI=1S/C34H41N3O4S/c1-7-18-35(6)30(39)27-28-31(40)37(26(21-38)24-12-10-9-11-13-24)29(34(28)17-16-33(27,5)42-34)32(41)36(19-8-2)25-20-22(3)14-15-23(25)4/h7-15,20,26-29,38H,1-2,16-19,21H2,3-6H3/t26-,27+,28+,29?,33-,34?/m1/s1. The number of rotatable bonds is 10. The smallest absolute Gasteiger partial charge is 0.251 e. The second kappa shape index (κ2) is 11.4. The predicted octanol–water partition coefficient (Wildman–Crippen LogP) is 4.68. The molecule has 5 rings (SSSR count). The molecule has 0 radical (unpaired) electrons. The first kappa shape index (κ1) is 30.1. The number of hydrogen-bond donors (Lipinski definition) is 1. The Morgan fingerprint density at radius 1 is 1.10 bits per heavy atom. The summed E-state index contributed by atoms with van der Waals surface area (Å²) >= 11 is 1.64. The van der Waals surface area contributed by atoms with E-state index in [-0.39, 0.29) is 30.9 Å². The quantitative estimate of drug-likeness (QED) is 0.409. The predicted molar refractivity (Wildman–Crippen MR) is 168 cm³/mol. The minimum Gasteiger partial charge on any atom is -0.394 e. The Morgan fingerprint density at radius 3 is 2.43 bits per heavy atom. The first-order chi connectivity index (χ1) is 20.0. The van der Waals surface area contributed by atoms with E-state index in [0.29, 0.717) is 13.0 Å². The maximum absolute atomic E-state index is 15.0. The molecule has 0 saturated carbocycles. The lowest BCUT2D eigenvalue weighted by Crippen LogP contribution is -2.56. The van der Waals surface area contributed by atoms with Gasteiger partial charge in [-0.1, -0.05) is 54.6 Å². The Hall–Kier alpha value is -3.36. The normalized spacial score (nSPS) is 28.4. The molecule has 8 heteroatoms. The Morgan fingerprint density at radius 2 is 1.79 bits per heavy atom. The third kappa shape index (κ3) is 4.60. The van der Waals surface area contributed by atoms with Crippen LogP contribution >= 0.6 is 11.8 Å². The molecule has 1 N–H and O–H groups in total. The molecule has 6 atom stereocenters. The molecule has 3 heterocycles. The number of nitrogens with zero attached hydrogens (tertiary/aromatic N) is 3. The zero-order chi connectivity index (χ0) is 30.4. The van der Waals surface area contributed by atoms with Crippen LogP contribution in [0.1, 0.15) is 42.5 Å². The average molecular weight is 588 g/mol. The second-order valence-corrected chi connectivity index (χ2v) is 14.0. The van der Waals surface area contributed by atoms with Crippen LogP contribution in [0.25, 0.3) is 0 Å². The van der Waals surface area contributed by atoms with Crippen molar-refractivity contribution < 1.29 is 19.5 Å². The fourth-order valence-electron chi connectivity index (χ4n) is 7.50. The van der Waals surface area contributed by atoms with E-state index in [1.165, 1.54) is 0 Å². The number of fused-ring (bicyclic) bond motifs is 1. The summed E-state index contributed by atoms with van der Waals surface area (Å²) in [7, 11) is 1.74. The molecule has 1 spiro atoms. The van der Waals surface area contributed by atoms with E-state index in [4.69, 9.17) is 0 Å². The van der Waals surface area contributed by atoms with Gasteiger partial charge in [0.05, 0.1) is 29.2 Å². The number of anilines is 1. The van der Waals surface area contributed by atoms with Gasteiger partial charge in [0, 0.05) is 30.6 Å². The molecule has 3 saturated heterocycles. The second-order valence-electron chi connectivity index (χ2n) is 12.1. The van der Waals surface area contributed by atoms with E-state index < -0.39 is 33.4 Å². The van der Waals surface area contributed by atoms with Crippen LogP contribution in [0.4, 0.5) is 5.69 Å². The first-order valence-corrected chi connectivity index (χ1v) is 15.4. The van der Waals surface area contributed by atoms with Gasteiger partial charge in [0.1, 0.15) is 6.04 Å². The number of aryl methyl sites for hydroxylation is 2. The number of amides is 3. The Bertz CT molecular complexity index is 1410. The highest BCUT2D eigenvalue weighted by Gasteiger charge is 2.78. The van der Waals surface area contributed by atoms with E-state index in [9.17, 15) is 14.7 Å². The van der Waals surface area contributed by atoms with E-state index in [1.54, 1.807) is 45.7 Å². The van der Waals surface area contributed by atoms with Crippen molar-refractivity contribution in [3.63, 3.8) is 0 Å². The molecule has 2 aromatic carbocycles. The summed E-state index contributed by atoms with van der Waals surface area (Å²) in [5.41, 5.74) is 3.48.